The zero-order chi connectivity index (χ0) is 14.5. The van der Waals surface area contributed by atoms with Crippen molar-refractivity contribution in [1.29, 1.82) is 0 Å². The molecule has 104 valence electrons. The van der Waals surface area contributed by atoms with Crippen LogP contribution in [-0.4, -0.2) is 5.91 Å². The molecular weight excluding hydrogens is 363 g/mol. The molecule has 3 nitrogen and oxygen atoms in total. The number of amides is 1. The molecule has 4 heteroatoms. The van der Waals surface area contributed by atoms with E-state index in [1.165, 1.54) is 16.1 Å². The van der Waals surface area contributed by atoms with Crippen molar-refractivity contribution >= 4 is 39.9 Å². The van der Waals surface area contributed by atoms with Crippen LogP contribution in [0, 0.1) is 10.5 Å². The van der Waals surface area contributed by atoms with Gasteiger partial charge in [0.2, 0.25) is 5.91 Å². The van der Waals surface area contributed by atoms with E-state index in [-0.39, 0.29) is 5.91 Å². The van der Waals surface area contributed by atoms with E-state index in [0.717, 1.165) is 16.9 Å². The van der Waals surface area contributed by atoms with Gasteiger partial charge in [-0.15, -0.1) is 0 Å². The monoisotopic (exact) mass is 380 g/mol. The molecular formula is C16H17IN2O. The zero-order valence-electron chi connectivity index (χ0n) is 11.5. The van der Waals surface area contributed by atoms with E-state index in [1.807, 2.05) is 24.3 Å². The van der Waals surface area contributed by atoms with Gasteiger partial charge in [0.1, 0.15) is 0 Å². The van der Waals surface area contributed by atoms with Crippen molar-refractivity contribution in [2.75, 3.05) is 10.6 Å². The summed E-state index contributed by atoms with van der Waals surface area (Å²) in [4.78, 5) is 11.2. The number of nitrogens with one attached hydrogen (secondary N) is 2. The van der Waals surface area contributed by atoms with E-state index in [2.05, 4.69) is 58.3 Å². The van der Waals surface area contributed by atoms with Crippen molar-refractivity contribution in [3.63, 3.8) is 0 Å². The van der Waals surface area contributed by atoms with Gasteiger partial charge in [0, 0.05) is 28.4 Å². The fraction of sp³-hybridized carbons (Fsp3) is 0.188. The first kappa shape index (κ1) is 14.8. The van der Waals surface area contributed by atoms with E-state index >= 15 is 0 Å². The molecule has 0 spiro atoms. The molecule has 0 heterocycles. The zero-order valence-corrected chi connectivity index (χ0v) is 13.7. The minimum atomic E-state index is -0.0534. The third kappa shape index (κ3) is 3.96. The van der Waals surface area contributed by atoms with Gasteiger partial charge in [0.15, 0.2) is 0 Å². The summed E-state index contributed by atoms with van der Waals surface area (Å²) in [5, 5.41) is 6.24. The van der Waals surface area contributed by atoms with Crippen LogP contribution in [-0.2, 0) is 11.3 Å². The van der Waals surface area contributed by atoms with Gasteiger partial charge >= 0.3 is 0 Å². The molecule has 2 N–H and O–H groups in total. The van der Waals surface area contributed by atoms with Crippen LogP contribution in [0.3, 0.4) is 0 Å². The lowest BCUT2D eigenvalue weighted by Gasteiger charge is -2.12. The number of halogens is 1. The molecule has 2 aromatic rings. The summed E-state index contributed by atoms with van der Waals surface area (Å²) in [7, 11) is 0. The highest BCUT2D eigenvalue weighted by molar-refractivity contribution is 14.1. The molecule has 0 bridgehead atoms. The number of benzene rings is 2. The van der Waals surface area contributed by atoms with Gasteiger partial charge in [0.05, 0.1) is 0 Å². The number of carbonyl (C=O) groups is 1. The Bertz CT molecular complexity index is 626. The molecule has 0 aliphatic carbocycles. The Morgan fingerprint density at radius 3 is 2.65 bits per heavy atom. The molecule has 0 aliphatic heterocycles. The smallest absolute Gasteiger partial charge is 0.221 e. The predicted molar refractivity (Wildman–Crippen MR) is 92.0 cm³/mol. The summed E-state index contributed by atoms with van der Waals surface area (Å²) in [5.74, 6) is -0.0534. The van der Waals surface area contributed by atoms with E-state index in [1.54, 1.807) is 0 Å². The van der Waals surface area contributed by atoms with Crippen LogP contribution in [0.1, 0.15) is 18.1 Å². The average Bonchev–Trinajstić information content (AvgIpc) is 2.41. The average molecular weight is 380 g/mol. The number of carbonyl (C=O) groups excluding carboxylic acids is 1. The normalized spacial score (nSPS) is 10.2. The number of rotatable bonds is 4. The minimum absolute atomic E-state index is 0.0534. The quantitative estimate of drug-likeness (QED) is 0.782. The third-order valence-electron chi connectivity index (χ3n) is 2.98. The van der Waals surface area contributed by atoms with Crippen molar-refractivity contribution in [1.82, 2.24) is 0 Å². The Morgan fingerprint density at radius 1 is 1.20 bits per heavy atom. The first-order valence-electron chi connectivity index (χ1n) is 6.42. The SMILES string of the molecule is CC(=O)Nc1ccccc1CNc1ccc(C)c(I)c1. The van der Waals surface area contributed by atoms with E-state index in [0.29, 0.717) is 6.54 Å². The van der Waals surface area contributed by atoms with Gasteiger partial charge in [-0.25, -0.2) is 0 Å². The van der Waals surface area contributed by atoms with Crippen LogP contribution in [0.2, 0.25) is 0 Å². The minimum Gasteiger partial charge on any atom is -0.381 e. The summed E-state index contributed by atoms with van der Waals surface area (Å²) >= 11 is 2.33. The Labute approximate surface area is 132 Å². The standard InChI is InChI=1S/C16H17IN2O/c1-11-7-8-14(9-15(11)17)18-10-13-5-3-4-6-16(13)19-12(2)20/h3-9,18H,10H2,1-2H3,(H,19,20). The fourth-order valence-electron chi connectivity index (χ4n) is 1.89. The Balaban J connectivity index is 2.10. The molecule has 0 atom stereocenters. The third-order valence-corrected chi connectivity index (χ3v) is 4.15. The molecule has 0 unspecified atom stereocenters. The van der Waals surface area contributed by atoms with Crippen LogP contribution in [0.25, 0.3) is 0 Å². The molecule has 0 aliphatic rings. The first-order chi connectivity index (χ1) is 9.56. The van der Waals surface area contributed by atoms with E-state index in [4.69, 9.17) is 0 Å². The molecule has 20 heavy (non-hydrogen) atoms. The lowest BCUT2D eigenvalue weighted by Crippen LogP contribution is -2.10. The van der Waals surface area contributed by atoms with Gasteiger partial charge in [-0.2, -0.15) is 0 Å². The summed E-state index contributed by atoms with van der Waals surface area (Å²) < 4.78 is 1.24. The summed E-state index contributed by atoms with van der Waals surface area (Å²) in [5.41, 5.74) is 4.28. The number of anilines is 2. The Kier molecular flexibility index (Phi) is 5.00. The van der Waals surface area contributed by atoms with Crippen LogP contribution < -0.4 is 10.6 Å². The van der Waals surface area contributed by atoms with Crippen molar-refractivity contribution in [2.24, 2.45) is 0 Å². The van der Waals surface area contributed by atoms with Crippen LogP contribution >= 0.6 is 22.6 Å². The molecule has 0 fully saturated rings. The van der Waals surface area contributed by atoms with Crippen molar-refractivity contribution < 1.29 is 4.79 Å². The molecule has 0 radical (unpaired) electrons. The lowest BCUT2D eigenvalue weighted by molar-refractivity contribution is -0.114. The molecule has 2 aromatic carbocycles. The van der Waals surface area contributed by atoms with Crippen LogP contribution in [0.5, 0.6) is 0 Å². The highest BCUT2D eigenvalue weighted by Crippen LogP contribution is 2.20. The maximum Gasteiger partial charge on any atom is 0.221 e. The van der Waals surface area contributed by atoms with Gasteiger partial charge in [-0.3, -0.25) is 4.79 Å². The van der Waals surface area contributed by atoms with Crippen molar-refractivity contribution in [2.45, 2.75) is 20.4 Å². The number of aryl methyl sites for hydroxylation is 1. The Hall–Kier alpha value is -1.56. The van der Waals surface area contributed by atoms with Gasteiger partial charge < -0.3 is 10.6 Å². The molecule has 0 aromatic heterocycles. The van der Waals surface area contributed by atoms with Crippen molar-refractivity contribution in [3.8, 4) is 0 Å². The molecule has 0 saturated heterocycles. The highest BCUT2D eigenvalue weighted by Gasteiger charge is 2.03. The van der Waals surface area contributed by atoms with E-state index < -0.39 is 0 Å². The molecule has 2 rings (SSSR count). The number of hydrogen-bond donors (Lipinski definition) is 2. The molecule has 0 saturated carbocycles. The highest BCUT2D eigenvalue weighted by atomic mass is 127. The Morgan fingerprint density at radius 2 is 1.95 bits per heavy atom. The fourth-order valence-corrected chi connectivity index (χ4v) is 2.40. The second kappa shape index (κ2) is 6.74. The van der Waals surface area contributed by atoms with Crippen LogP contribution in [0.4, 0.5) is 11.4 Å². The lowest BCUT2D eigenvalue weighted by atomic mass is 10.1. The summed E-state index contributed by atoms with van der Waals surface area (Å²) in [6.07, 6.45) is 0. The predicted octanol–water partition coefficient (Wildman–Crippen LogP) is 4.17. The second-order valence-corrected chi connectivity index (χ2v) is 5.82. The first-order valence-corrected chi connectivity index (χ1v) is 7.49. The largest absolute Gasteiger partial charge is 0.381 e. The van der Waals surface area contributed by atoms with Gasteiger partial charge in [-0.1, -0.05) is 24.3 Å². The van der Waals surface area contributed by atoms with Crippen LogP contribution in [0.15, 0.2) is 42.5 Å². The number of hydrogen-bond acceptors (Lipinski definition) is 2. The second-order valence-electron chi connectivity index (χ2n) is 4.66. The van der Waals surface area contributed by atoms with E-state index in [9.17, 15) is 4.79 Å². The maximum absolute atomic E-state index is 11.2. The van der Waals surface area contributed by atoms with Crippen molar-refractivity contribution in [3.05, 3.63) is 57.2 Å². The molecule has 1 amide bonds. The summed E-state index contributed by atoms with van der Waals surface area (Å²) in [6.45, 7) is 4.29. The summed E-state index contributed by atoms with van der Waals surface area (Å²) in [6, 6.07) is 14.1. The van der Waals surface area contributed by atoms with Gasteiger partial charge in [0.25, 0.3) is 0 Å². The van der Waals surface area contributed by atoms with Gasteiger partial charge in [-0.05, 0) is 58.8 Å². The topological polar surface area (TPSA) is 41.1 Å². The number of para-hydroxylation sites is 1. The maximum atomic E-state index is 11.2.